The van der Waals surface area contributed by atoms with E-state index in [1.54, 1.807) is 18.3 Å². The Balaban J connectivity index is 1.78. The van der Waals surface area contributed by atoms with Gasteiger partial charge in [-0.15, -0.1) is 0 Å². The number of para-hydroxylation sites is 1. The lowest BCUT2D eigenvalue weighted by atomic mass is 10.1. The molecule has 2 aromatic rings. The van der Waals surface area contributed by atoms with Crippen molar-refractivity contribution in [2.24, 2.45) is 0 Å². The van der Waals surface area contributed by atoms with E-state index < -0.39 is 5.97 Å². The number of benzene rings is 2. The standard InChI is InChI=1S/C19H15N3O3/c23-17(24)10-7-12-5-8-13(9-6-12)22-19(25)15-11-20-16-4-2-1-3-14(16)18(15)21-22/h1-6,8-9,11,20H,7,10H2,(H,23,24). The van der Waals surface area contributed by atoms with Gasteiger partial charge in [-0.2, -0.15) is 9.78 Å². The van der Waals surface area contributed by atoms with Crippen LogP contribution in [0.4, 0.5) is 0 Å². The van der Waals surface area contributed by atoms with Crippen LogP contribution in [0.2, 0.25) is 0 Å². The predicted molar refractivity (Wildman–Crippen MR) is 94.3 cm³/mol. The lowest BCUT2D eigenvalue weighted by molar-refractivity contribution is -0.136. The van der Waals surface area contributed by atoms with Crippen molar-refractivity contribution in [3.63, 3.8) is 0 Å². The normalized spacial score (nSPS) is 11.2. The first-order valence-electron chi connectivity index (χ1n) is 7.94. The molecule has 0 spiro atoms. The number of carboxylic acid groups (broad SMARTS) is 1. The van der Waals surface area contributed by atoms with Crippen LogP contribution < -0.4 is 5.56 Å². The fourth-order valence-corrected chi connectivity index (χ4v) is 2.94. The summed E-state index contributed by atoms with van der Waals surface area (Å²) >= 11 is 0. The van der Waals surface area contributed by atoms with Gasteiger partial charge in [-0.1, -0.05) is 30.3 Å². The Hall–Kier alpha value is -3.41. The van der Waals surface area contributed by atoms with Crippen molar-refractivity contribution in [2.45, 2.75) is 12.8 Å². The van der Waals surface area contributed by atoms with Crippen LogP contribution >= 0.6 is 0 Å². The number of nitrogens with one attached hydrogen (secondary N) is 1. The van der Waals surface area contributed by atoms with E-state index in [1.165, 1.54) is 4.68 Å². The zero-order valence-corrected chi connectivity index (χ0v) is 13.3. The molecule has 2 heterocycles. The average Bonchev–Trinajstić information content (AvgIpc) is 2.98. The summed E-state index contributed by atoms with van der Waals surface area (Å²) in [7, 11) is 0. The van der Waals surface area contributed by atoms with Crippen LogP contribution in [0.1, 0.15) is 12.0 Å². The number of aliphatic carboxylic acids is 1. The Kier molecular flexibility index (Phi) is 3.57. The van der Waals surface area contributed by atoms with Gasteiger partial charge in [0.1, 0.15) is 5.69 Å². The van der Waals surface area contributed by atoms with Crippen LogP contribution in [0.25, 0.3) is 27.8 Å². The molecular weight excluding hydrogens is 318 g/mol. The molecule has 4 rings (SSSR count). The lowest BCUT2D eigenvalue weighted by Crippen LogP contribution is -2.14. The van der Waals surface area contributed by atoms with Crippen LogP contribution in [0, 0.1) is 0 Å². The zero-order valence-electron chi connectivity index (χ0n) is 13.3. The molecule has 0 aromatic heterocycles. The van der Waals surface area contributed by atoms with Gasteiger partial charge in [-0.3, -0.25) is 9.59 Å². The van der Waals surface area contributed by atoms with Gasteiger partial charge in [0.2, 0.25) is 0 Å². The Bertz CT molecular complexity index is 1090. The molecular formula is C19H15N3O3. The van der Waals surface area contributed by atoms with E-state index in [0.29, 0.717) is 23.4 Å². The molecule has 2 aliphatic rings. The molecule has 0 unspecified atom stereocenters. The Morgan fingerprint density at radius 1 is 1.12 bits per heavy atom. The summed E-state index contributed by atoms with van der Waals surface area (Å²) in [4.78, 5) is 26.5. The monoisotopic (exact) mass is 333 g/mol. The smallest absolute Gasteiger partial charge is 0.303 e. The Labute approximate surface area is 142 Å². The van der Waals surface area contributed by atoms with Crippen LogP contribution in [0.5, 0.6) is 0 Å². The number of hydrogen-bond donors (Lipinski definition) is 2. The highest BCUT2D eigenvalue weighted by Crippen LogP contribution is 2.25. The second-order valence-corrected chi connectivity index (χ2v) is 5.87. The van der Waals surface area contributed by atoms with Gasteiger partial charge in [-0.05, 0) is 30.2 Å². The molecule has 124 valence electrons. The van der Waals surface area contributed by atoms with Gasteiger partial charge in [0.05, 0.1) is 11.3 Å². The second kappa shape index (κ2) is 5.90. The molecule has 6 nitrogen and oxygen atoms in total. The highest BCUT2D eigenvalue weighted by atomic mass is 16.4. The number of rotatable bonds is 4. The van der Waals surface area contributed by atoms with Gasteiger partial charge < -0.3 is 10.1 Å². The number of nitrogens with zero attached hydrogens (tertiary/aromatic N) is 2. The number of fused-ring (bicyclic) bond motifs is 3. The van der Waals surface area contributed by atoms with Crippen LogP contribution in [0.15, 0.2) is 59.5 Å². The number of aromatic amines is 1. The molecule has 0 fully saturated rings. The van der Waals surface area contributed by atoms with Crippen molar-refractivity contribution in [3.8, 4) is 16.9 Å². The summed E-state index contributed by atoms with van der Waals surface area (Å²) in [6, 6.07) is 14.9. The van der Waals surface area contributed by atoms with E-state index >= 15 is 0 Å². The third kappa shape index (κ3) is 2.67. The maximum Gasteiger partial charge on any atom is 0.303 e. The zero-order chi connectivity index (χ0) is 17.4. The second-order valence-electron chi connectivity index (χ2n) is 5.87. The van der Waals surface area contributed by atoms with Gasteiger partial charge >= 0.3 is 5.97 Å². The molecule has 2 aromatic carbocycles. The lowest BCUT2D eigenvalue weighted by Gasteiger charge is -2.02. The molecule has 25 heavy (non-hydrogen) atoms. The van der Waals surface area contributed by atoms with Crippen molar-refractivity contribution >= 4 is 16.9 Å². The first-order valence-corrected chi connectivity index (χ1v) is 7.94. The minimum Gasteiger partial charge on any atom is -0.481 e. The van der Waals surface area contributed by atoms with Gasteiger partial charge in [0, 0.05) is 23.5 Å². The fourth-order valence-electron chi connectivity index (χ4n) is 2.94. The summed E-state index contributed by atoms with van der Waals surface area (Å²) in [5, 5.41) is 14.2. The third-order valence-corrected chi connectivity index (χ3v) is 4.24. The van der Waals surface area contributed by atoms with Crippen molar-refractivity contribution < 1.29 is 9.90 Å². The number of carbonyl (C=O) groups is 1. The minimum absolute atomic E-state index is 0.0830. The molecule has 0 bridgehead atoms. The van der Waals surface area contributed by atoms with Crippen molar-refractivity contribution in [1.29, 1.82) is 0 Å². The van der Waals surface area contributed by atoms with E-state index in [1.807, 2.05) is 36.4 Å². The quantitative estimate of drug-likeness (QED) is 0.601. The van der Waals surface area contributed by atoms with Gasteiger partial charge in [0.15, 0.2) is 0 Å². The van der Waals surface area contributed by atoms with E-state index in [9.17, 15) is 9.59 Å². The molecule has 0 saturated carbocycles. The molecule has 0 atom stereocenters. The highest BCUT2D eigenvalue weighted by molar-refractivity contribution is 5.93. The molecule has 0 saturated heterocycles. The van der Waals surface area contributed by atoms with Crippen molar-refractivity contribution in [2.75, 3.05) is 0 Å². The number of pyridine rings is 1. The molecule has 6 heteroatoms. The third-order valence-electron chi connectivity index (χ3n) is 4.24. The average molecular weight is 333 g/mol. The number of hydrogen-bond acceptors (Lipinski definition) is 3. The summed E-state index contributed by atoms with van der Waals surface area (Å²) in [5.41, 5.74) is 3.50. The SMILES string of the molecule is O=C(O)CCc1ccc(-n2nc3c4ccccc4[nH]cc-3c2=O)cc1. The molecule has 2 N–H and O–H groups in total. The first-order chi connectivity index (χ1) is 12.1. The first kappa shape index (κ1) is 15.1. The Morgan fingerprint density at radius 3 is 2.64 bits per heavy atom. The summed E-state index contributed by atoms with van der Waals surface area (Å²) in [6.45, 7) is 0. The van der Waals surface area contributed by atoms with Crippen molar-refractivity contribution in [1.82, 2.24) is 14.8 Å². The number of H-pyrrole nitrogens is 1. The van der Waals surface area contributed by atoms with E-state index in [-0.39, 0.29) is 12.0 Å². The van der Waals surface area contributed by atoms with Gasteiger partial charge in [0.25, 0.3) is 5.56 Å². The predicted octanol–water partition coefficient (Wildman–Crippen LogP) is 2.84. The minimum atomic E-state index is -0.827. The van der Waals surface area contributed by atoms with Crippen LogP contribution in [-0.2, 0) is 11.2 Å². The maximum absolute atomic E-state index is 12.7. The topological polar surface area (TPSA) is 88.0 Å². The van der Waals surface area contributed by atoms with Gasteiger partial charge in [-0.25, -0.2) is 0 Å². The van der Waals surface area contributed by atoms with E-state index in [0.717, 1.165) is 16.5 Å². The van der Waals surface area contributed by atoms with Crippen molar-refractivity contribution in [3.05, 3.63) is 70.6 Å². The molecule has 0 radical (unpaired) electrons. The molecule has 0 amide bonds. The van der Waals surface area contributed by atoms with Crippen LogP contribution in [-0.4, -0.2) is 25.8 Å². The highest BCUT2D eigenvalue weighted by Gasteiger charge is 2.18. The summed E-state index contributed by atoms with van der Waals surface area (Å²) in [5.74, 6) is -0.827. The molecule has 0 aliphatic carbocycles. The number of aromatic nitrogens is 3. The maximum atomic E-state index is 12.7. The molecule has 2 aliphatic heterocycles. The number of carboxylic acids is 1. The van der Waals surface area contributed by atoms with E-state index in [2.05, 4.69) is 10.1 Å². The summed E-state index contributed by atoms with van der Waals surface area (Å²) in [6.07, 6.45) is 2.23. The summed E-state index contributed by atoms with van der Waals surface area (Å²) < 4.78 is 1.38. The van der Waals surface area contributed by atoms with Crippen LogP contribution in [0.3, 0.4) is 0 Å². The van der Waals surface area contributed by atoms with E-state index in [4.69, 9.17) is 5.11 Å². The largest absolute Gasteiger partial charge is 0.481 e. The number of aryl methyl sites for hydroxylation is 1. The Morgan fingerprint density at radius 2 is 1.88 bits per heavy atom. The fraction of sp³-hybridized carbons (Fsp3) is 0.105.